The van der Waals surface area contributed by atoms with Crippen LogP contribution in [0.1, 0.15) is 22.9 Å². The molecule has 0 aliphatic carbocycles. The molecule has 2 aromatic heterocycles. The molecule has 41 heavy (non-hydrogen) atoms. The summed E-state index contributed by atoms with van der Waals surface area (Å²) in [6.45, 7) is 0. The van der Waals surface area contributed by atoms with E-state index in [9.17, 15) is 19.5 Å². The summed E-state index contributed by atoms with van der Waals surface area (Å²) in [5.74, 6) is -0.826. The first-order valence-corrected chi connectivity index (χ1v) is 14.8. The molecule has 2 aliphatic heterocycles. The van der Waals surface area contributed by atoms with E-state index >= 15 is 0 Å². The average Bonchev–Trinajstić information content (AvgIpc) is 3.47. The van der Waals surface area contributed by atoms with Crippen LogP contribution in [0.2, 0.25) is 0 Å². The third-order valence-electron chi connectivity index (χ3n) is 6.68. The fourth-order valence-corrected chi connectivity index (χ4v) is 6.75. The van der Waals surface area contributed by atoms with Crippen molar-refractivity contribution in [3.63, 3.8) is 0 Å². The summed E-state index contributed by atoms with van der Waals surface area (Å²) >= 11 is 2.73. The first-order chi connectivity index (χ1) is 20.0. The number of nitrogens with one attached hydrogen (secondary N) is 1. The molecule has 11 heteroatoms. The van der Waals surface area contributed by atoms with Crippen molar-refractivity contribution in [2.75, 3.05) is 5.75 Å². The molecule has 2 aliphatic rings. The van der Waals surface area contributed by atoms with E-state index in [0.29, 0.717) is 22.1 Å². The van der Waals surface area contributed by atoms with Gasteiger partial charge in [0.05, 0.1) is 12.1 Å². The number of β-lactam (4-membered cyclic amide) rings is 1. The number of pyridine rings is 1. The zero-order chi connectivity index (χ0) is 28.3. The molecule has 1 saturated heterocycles. The third kappa shape index (κ3) is 5.46. The Hall–Kier alpha value is -4.48. The molecule has 0 spiro atoms. The lowest BCUT2D eigenvalue weighted by molar-refractivity contribution is -0.154. The minimum absolute atomic E-state index is 0.00794. The summed E-state index contributed by atoms with van der Waals surface area (Å²) in [5, 5.41) is 14.6. The molecule has 6 rings (SSSR count). The minimum atomic E-state index is -0.763. The molecule has 0 radical (unpaired) electrons. The molecule has 2 unspecified atom stereocenters. The maximum Gasteiger partial charge on any atom is 0.355 e. The number of amides is 2. The summed E-state index contributed by atoms with van der Waals surface area (Å²) in [6, 6.07) is 21.3. The summed E-state index contributed by atoms with van der Waals surface area (Å²) in [4.78, 5) is 49.3. The van der Waals surface area contributed by atoms with Crippen LogP contribution in [0.3, 0.4) is 0 Å². The van der Waals surface area contributed by atoms with Gasteiger partial charge in [-0.2, -0.15) is 0 Å². The van der Waals surface area contributed by atoms with Gasteiger partial charge in [-0.15, -0.1) is 23.1 Å². The number of aromatic hydroxyl groups is 1. The number of esters is 1. The first kappa shape index (κ1) is 26.7. The van der Waals surface area contributed by atoms with E-state index in [1.165, 1.54) is 34.1 Å². The number of thiazole rings is 1. The van der Waals surface area contributed by atoms with Gasteiger partial charge in [0.15, 0.2) is 6.10 Å². The first-order valence-electron chi connectivity index (χ1n) is 12.8. The highest BCUT2D eigenvalue weighted by atomic mass is 32.2. The largest absolute Gasteiger partial charge is 0.506 e. The summed E-state index contributed by atoms with van der Waals surface area (Å²) in [6.07, 6.45) is 2.57. The summed E-state index contributed by atoms with van der Waals surface area (Å²) in [7, 11) is 0. The lowest BCUT2D eigenvalue weighted by Crippen LogP contribution is -2.70. The highest BCUT2D eigenvalue weighted by molar-refractivity contribution is 8.00. The van der Waals surface area contributed by atoms with Crippen molar-refractivity contribution in [1.82, 2.24) is 20.2 Å². The quantitative estimate of drug-likeness (QED) is 0.235. The van der Waals surface area contributed by atoms with E-state index in [0.717, 1.165) is 11.1 Å². The fraction of sp³-hybridized carbons (Fsp3) is 0.167. The van der Waals surface area contributed by atoms with Gasteiger partial charge in [-0.1, -0.05) is 60.7 Å². The van der Waals surface area contributed by atoms with Gasteiger partial charge < -0.3 is 15.2 Å². The van der Waals surface area contributed by atoms with Crippen molar-refractivity contribution >= 4 is 40.9 Å². The van der Waals surface area contributed by atoms with Crippen LogP contribution in [0.5, 0.6) is 5.75 Å². The number of carbonyl (C=O) groups is 3. The number of carbonyl (C=O) groups excluding carboxylic acids is 3. The number of benzene rings is 2. The van der Waals surface area contributed by atoms with Crippen LogP contribution < -0.4 is 5.32 Å². The van der Waals surface area contributed by atoms with Crippen molar-refractivity contribution in [2.45, 2.75) is 23.9 Å². The van der Waals surface area contributed by atoms with Crippen molar-refractivity contribution in [3.05, 3.63) is 113 Å². The lowest BCUT2D eigenvalue weighted by Gasteiger charge is -2.48. The van der Waals surface area contributed by atoms with Crippen molar-refractivity contribution < 1.29 is 24.2 Å². The highest BCUT2D eigenvalue weighted by Gasteiger charge is 2.53. The molecule has 2 aromatic carbocycles. The van der Waals surface area contributed by atoms with Crippen LogP contribution in [0.25, 0.3) is 10.7 Å². The van der Waals surface area contributed by atoms with Gasteiger partial charge in [0.1, 0.15) is 33.6 Å². The number of thioether (sulfide) groups is 1. The normalized spacial score (nSPS) is 17.8. The number of aromatic nitrogens is 2. The predicted octanol–water partition coefficient (Wildman–Crippen LogP) is 4.07. The van der Waals surface area contributed by atoms with Gasteiger partial charge in [0.25, 0.3) is 5.91 Å². The zero-order valence-corrected chi connectivity index (χ0v) is 23.2. The van der Waals surface area contributed by atoms with Crippen molar-refractivity contribution in [3.8, 4) is 16.5 Å². The Labute approximate surface area is 243 Å². The van der Waals surface area contributed by atoms with Gasteiger partial charge in [0.2, 0.25) is 5.91 Å². The molecule has 0 bridgehead atoms. The number of hydrogen-bond donors (Lipinski definition) is 2. The van der Waals surface area contributed by atoms with Crippen molar-refractivity contribution in [2.24, 2.45) is 0 Å². The lowest BCUT2D eigenvalue weighted by atomic mass is 10.0. The number of fused-ring (bicyclic) bond motifs is 1. The second kappa shape index (κ2) is 11.6. The van der Waals surface area contributed by atoms with Gasteiger partial charge in [-0.05, 0) is 29.3 Å². The molecular formula is C30H24N4O5S2. The third-order valence-corrected chi connectivity index (χ3v) is 8.77. The number of hydrogen-bond acceptors (Lipinski definition) is 9. The molecule has 206 valence electrons. The molecule has 0 saturated carbocycles. The smallest absolute Gasteiger partial charge is 0.355 e. The minimum Gasteiger partial charge on any atom is -0.506 e. The van der Waals surface area contributed by atoms with Gasteiger partial charge in [0, 0.05) is 17.3 Å². The standard InChI is InChI=1S/C30H24N4O5S2/c35-22-12-7-14-31-24(22)27-32-20(17-41-27)16-23(36)33-25-28(37)34-21(13-15-40-29(25)34)30(38)39-26(18-8-3-1-4-9-18)19-10-5-2-6-11-19/h1-14,17,25-26,29,35H,15-16H2,(H,33,36). The molecule has 4 heterocycles. The van der Waals surface area contributed by atoms with Crippen LogP contribution in [0.15, 0.2) is 96.1 Å². The summed E-state index contributed by atoms with van der Waals surface area (Å²) in [5.41, 5.74) is 2.67. The number of ether oxygens (including phenoxy) is 1. The SMILES string of the molecule is O=C(Cc1csc(-c2ncccc2O)n1)NC1C(=O)N2C(C(=O)OC(c3ccccc3)c3ccccc3)=CCSC12. The Morgan fingerprint density at radius 2 is 1.76 bits per heavy atom. The fourth-order valence-electron chi connectivity index (χ4n) is 4.73. The predicted molar refractivity (Wildman–Crippen MR) is 155 cm³/mol. The number of rotatable bonds is 8. The molecule has 2 N–H and O–H groups in total. The second-order valence-corrected chi connectivity index (χ2v) is 11.4. The topological polar surface area (TPSA) is 122 Å². The molecule has 4 aromatic rings. The van der Waals surface area contributed by atoms with Crippen LogP contribution in [0, 0.1) is 0 Å². The zero-order valence-electron chi connectivity index (χ0n) is 21.5. The summed E-state index contributed by atoms with van der Waals surface area (Å²) < 4.78 is 5.98. The highest BCUT2D eigenvalue weighted by Crippen LogP contribution is 2.39. The van der Waals surface area contributed by atoms with Crippen LogP contribution >= 0.6 is 23.1 Å². The maximum atomic E-state index is 13.4. The van der Waals surface area contributed by atoms with Gasteiger partial charge >= 0.3 is 5.97 Å². The Kier molecular flexibility index (Phi) is 7.53. The Balaban J connectivity index is 1.11. The van der Waals surface area contributed by atoms with Crippen LogP contribution in [-0.4, -0.2) is 54.9 Å². The second-order valence-electron chi connectivity index (χ2n) is 9.37. The molecule has 9 nitrogen and oxygen atoms in total. The van der Waals surface area contributed by atoms with E-state index in [-0.39, 0.29) is 29.7 Å². The molecular weight excluding hydrogens is 560 g/mol. The van der Waals surface area contributed by atoms with E-state index < -0.39 is 23.5 Å². The average molecular weight is 585 g/mol. The Morgan fingerprint density at radius 1 is 1.05 bits per heavy atom. The van der Waals surface area contributed by atoms with E-state index in [4.69, 9.17) is 4.74 Å². The van der Waals surface area contributed by atoms with E-state index in [1.807, 2.05) is 60.7 Å². The monoisotopic (exact) mass is 584 g/mol. The molecule has 1 fully saturated rings. The van der Waals surface area contributed by atoms with Crippen molar-refractivity contribution in [1.29, 1.82) is 0 Å². The molecule has 2 atom stereocenters. The Bertz CT molecular complexity index is 1590. The van der Waals surface area contributed by atoms with Gasteiger partial charge in [-0.3, -0.25) is 14.5 Å². The number of nitrogens with zero attached hydrogens (tertiary/aromatic N) is 3. The van der Waals surface area contributed by atoms with Crippen LogP contribution in [0.4, 0.5) is 0 Å². The van der Waals surface area contributed by atoms with Crippen LogP contribution in [-0.2, 0) is 25.5 Å². The molecule has 2 amide bonds. The maximum absolute atomic E-state index is 13.4. The van der Waals surface area contributed by atoms with E-state index in [1.54, 1.807) is 23.7 Å². The van der Waals surface area contributed by atoms with Gasteiger partial charge in [-0.25, -0.2) is 14.8 Å². The Morgan fingerprint density at radius 3 is 2.44 bits per heavy atom. The van der Waals surface area contributed by atoms with E-state index in [2.05, 4.69) is 15.3 Å².